The fraction of sp³-hybridized carbons (Fsp3) is 0.947. The average Bonchev–Trinajstić information content (AvgIpc) is 2.21. The first-order valence-corrected chi connectivity index (χ1v) is 42.3. The van der Waals surface area contributed by atoms with Crippen LogP contribution in [-0.2, 0) is 65.4 Å². The SMILES string of the molecule is CCCCCCCCCCCCCCCC(=O)O[C@H](COC(=O)CCCCCCCCCC(C)C)COP(=O)(O)OC[C@H](O)COP(=O)(O)OC[C@@H](COC(=O)CCCCCCCCCCCCCCCC(C)C)OC(=O)CCCCCCCCCCCCCCCC(C)C. The molecule has 0 radical (unpaired) electrons. The lowest BCUT2D eigenvalue weighted by atomic mass is 10.0. The summed E-state index contributed by atoms with van der Waals surface area (Å²) in [7, 11) is -9.91. The molecular formula is C76H148O17P2. The maximum atomic E-state index is 13.1. The molecule has 0 amide bonds. The Kier molecular flexibility index (Phi) is 65.2. The van der Waals surface area contributed by atoms with Crippen molar-refractivity contribution in [1.29, 1.82) is 0 Å². The molecule has 5 atom stereocenters. The second kappa shape index (κ2) is 66.6. The van der Waals surface area contributed by atoms with Crippen LogP contribution in [0.1, 0.15) is 389 Å². The zero-order valence-corrected chi connectivity index (χ0v) is 63.9. The Labute approximate surface area is 581 Å². The van der Waals surface area contributed by atoms with E-state index in [-0.39, 0.29) is 25.7 Å². The van der Waals surface area contributed by atoms with Gasteiger partial charge in [-0.1, -0.05) is 337 Å². The molecular weight excluding hydrogens is 1250 g/mol. The van der Waals surface area contributed by atoms with Crippen LogP contribution in [0.5, 0.6) is 0 Å². The van der Waals surface area contributed by atoms with E-state index in [0.29, 0.717) is 31.6 Å². The highest BCUT2D eigenvalue weighted by molar-refractivity contribution is 7.47. The fourth-order valence-corrected chi connectivity index (χ4v) is 13.2. The molecule has 0 heterocycles. The van der Waals surface area contributed by atoms with Crippen molar-refractivity contribution < 1.29 is 80.2 Å². The summed E-state index contributed by atoms with van der Waals surface area (Å²) in [5.41, 5.74) is 0. The largest absolute Gasteiger partial charge is 0.472 e. The molecule has 3 N–H and O–H groups in total. The number of aliphatic hydroxyl groups excluding tert-OH is 1. The Balaban J connectivity index is 5.25. The number of carbonyl (C=O) groups excluding carboxylic acids is 4. The second-order valence-electron chi connectivity index (χ2n) is 28.8. The van der Waals surface area contributed by atoms with Gasteiger partial charge < -0.3 is 33.8 Å². The lowest BCUT2D eigenvalue weighted by Gasteiger charge is -2.21. The molecule has 2 unspecified atom stereocenters. The van der Waals surface area contributed by atoms with E-state index in [1.165, 1.54) is 193 Å². The first-order valence-electron chi connectivity index (χ1n) is 39.3. The fourth-order valence-electron chi connectivity index (χ4n) is 11.6. The summed E-state index contributed by atoms with van der Waals surface area (Å²) in [5, 5.41) is 10.6. The first-order chi connectivity index (χ1) is 45.7. The van der Waals surface area contributed by atoms with E-state index >= 15 is 0 Å². The van der Waals surface area contributed by atoms with Gasteiger partial charge in [-0.3, -0.25) is 37.3 Å². The number of esters is 4. The molecule has 17 nitrogen and oxygen atoms in total. The summed E-state index contributed by atoms with van der Waals surface area (Å²) in [6.45, 7) is 11.9. The van der Waals surface area contributed by atoms with Gasteiger partial charge in [0.15, 0.2) is 12.2 Å². The van der Waals surface area contributed by atoms with E-state index in [1.807, 2.05) is 0 Å². The Morgan fingerprint density at radius 1 is 0.284 bits per heavy atom. The van der Waals surface area contributed by atoms with Crippen molar-refractivity contribution >= 4 is 39.5 Å². The third-order valence-corrected chi connectivity index (χ3v) is 19.5. The van der Waals surface area contributed by atoms with E-state index in [1.54, 1.807) is 0 Å². The minimum absolute atomic E-state index is 0.107. The number of ether oxygens (including phenoxy) is 4. The molecule has 0 saturated carbocycles. The van der Waals surface area contributed by atoms with Crippen LogP contribution in [0.4, 0.5) is 0 Å². The average molecular weight is 1400 g/mol. The van der Waals surface area contributed by atoms with Crippen molar-refractivity contribution in [2.45, 2.75) is 407 Å². The maximum Gasteiger partial charge on any atom is 0.472 e. The number of hydrogen-bond acceptors (Lipinski definition) is 15. The minimum Gasteiger partial charge on any atom is -0.462 e. The normalized spacial score (nSPS) is 14.1. The molecule has 0 aromatic carbocycles. The van der Waals surface area contributed by atoms with Gasteiger partial charge in [-0.25, -0.2) is 9.13 Å². The highest BCUT2D eigenvalue weighted by atomic mass is 31.2. The summed E-state index contributed by atoms with van der Waals surface area (Å²) in [5.74, 6) is 0.166. The standard InChI is InChI=1S/C76H148O17P2/c1-8-9-10-11-12-13-14-17-25-30-37-45-52-59-75(80)93-72(64-87-74(79)58-51-44-39-32-35-42-49-56-69(6)7)66-91-95(84,85)89-62-70(77)61-88-94(82,83)90-65-71(92-76(81)60-53-46-38-31-26-21-16-19-23-28-34-41-48-55-68(4)5)63-86-73(78)57-50-43-36-29-24-20-15-18-22-27-33-40-47-54-67(2)3/h67-72,77H,8-66H2,1-7H3,(H,82,83)(H,84,85)/t70-,71-,72-/m1/s1. The van der Waals surface area contributed by atoms with E-state index in [2.05, 4.69) is 48.5 Å². The highest BCUT2D eigenvalue weighted by Gasteiger charge is 2.30. The van der Waals surface area contributed by atoms with Crippen LogP contribution in [0.25, 0.3) is 0 Å². The van der Waals surface area contributed by atoms with Gasteiger partial charge in [0, 0.05) is 25.7 Å². The molecule has 0 fully saturated rings. The Morgan fingerprint density at radius 3 is 0.716 bits per heavy atom. The van der Waals surface area contributed by atoms with Crippen LogP contribution >= 0.6 is 15.6 Å². The third-order valence-electron chi connectivity index (χ3n) is 17.6. The molecule has 0 aromatic heterocycles. The van der Waals surface area contributed by atoms with Crippen LogP contribution < -0.4 is 0 Å². The topological polar surface area (TPSA) is 237 Å². The van der Waals surface area contributed by atoms with Crippen LogP contribution in [0.2, 0.25) is 0 Å². The Bertz CT molecular complexity index is 1850. The number of hydrogen-bond donors (Lipinski definition) is 3. The Hall–Kier alpha value is -1.94. The van der Waals surface area contributed by atoms with Crippen LogP contribution in [0, 0.1) is 17.8 Å². The van der Waals surface area contributed by atoms with Crippen LogP contribution in [0.15, 0.2) is 0 Å². The molecule has 0 aromatic rings. The predicted octanol–water partition coefficient (Wildman–Crippen LogP) is 22.2. The summed E-state index contributed by atoms with van der Waals surface area (Å²) in [6.07, 6.45) is 52.7. The van der Waals surface area contributed by atoms with E-state index in [0.717, 1.165) is 108 Å². The van der Waals surface area contributed by atoms with Crippen molar-refractivity contribution in [3.05, 3.63) is 0 Å². The zero-order valence-electron chi connectivity index (χ0n) is 62.1. The molecule has 0 rings (SSSR count). The third kappa shape index (κ3) is 70.3. The lowest BCUT2D eigenvalue weighted by Crippen LogP contribution is -2.30. The Morgan fingerprint density at radius 2 is 0.484 bits per heavy atom. The summed E-state index contributed by atoms with van der Waals surface area (Å²) in [4.78, 5) is 72.8. The summed E-state index contributed by atoms with van der Waals surface area (Å²) in [6, 6.07) is 0. The first kappa shape index (κ1) is 93.1. The van der Waals surface area contributed by atoms with Gasteiger partial charge in [0.05, 0.1) is 26.4 Å². The number of rotatable bonds is 74. The van der Waals surface area contributed by atoms with Gasteiger partial charge in [0.25, 0.3) is 0 Å². The number of carbonyl (C=O) groups is 4. The van der Waals surface area contributed by atoms with Crippen molar-refractivity contribution in [2.75, 3.05) is 39.6 Å². The van der Waals surface area contributed by atoms with Crippen LogP contribution in [0.3, 0.4) is 0 Å². The van der Waals surface area contributed by atoms with Crippen molar-refractivity contribution in [2.24, 2.45) is 17.8 Å². The van der Waals surface area contributed by atoms with Crippen molar-refractivity contribution in [3.63, 3.8) is 0 Å². The second-order valence-corrected chi connectivity index (χ2v) is 31.7. The number of aliphatic hydroxyl groups is 1. The molecule has 19 heteroatoms. The summed E-state index contributed by atoms with van der Waals surface area (Å²) >= 11 is 0. The number of phosphoric ester groups is 2. The number of phosphoric acid groups is 2. The molecule has 564 valence electrons. The molecule has 0 aliphatic heterocycles. The zero-order chi connectivity index (χ0) is 70.1. The van der Waals surface area contributed by atoms with Gasteiger partial charge in [-0.05, 0) is 43.4 Å². The molecule has 0 saturated heterocycles. The molecule has 0 aliphatic carbocycles. The maximum absolute atomic E-state index is 13.1. The van der Waals surface area contributed by atoms with E-state index < -0.39 is 97.5 Å². The van der Waals surface area contributed by atoms with Crippen LogP contribution in [-0.4, -0.2) is 96.7 Å². The highest BCUT2D eigenvalue weighted by Crippen LogP contribution is 2.45. The molecule has 95 heavy (non-hydrogen) atoms. The van der Waals surface area contributed by atoms with E-state index in [9.17, 15) is 43.2 Å². The lowest BCUT2D eigenvalue weighted by molar-refractivity contribution is -0.161. The molecule has 0 aliphatic rings. The van der Waals surface area contributed by atoms with Gasteiger partial charge in [-0.2, -0.15) is 0 Å². The molecule has 0 spiro atoms. The minimum atomic E-state index is -4.96. The smallest absolute Gasteiger partial charge is 0.462 e. The van der Waals surface area contributed by atoms with Gasteiger partial charge in [0.1, 0.15) is 19.3 Å². The van der Waals surface area contributed by atoms with Gasteiger partial charge in [0.2, 0.25) is 0 Å². The van der Waals surface area contributed by atoms with Crippen molar-refractivity contribution in [1.82, 2.24) is 0 Å². The summed E-state index contributed by atoms with van der Waals surface area (Å²) < 4.78 is 68.5. The molecule has 0 bridgehead atoms. The monoisotopic (exact) mass is 1400 g/mol. The number of unbranched alkanes of at least 4 members (excludes halogenated alkanes) is 42. The van der Waals surface area contributed by atoms with Gasteiger partial charge >= 0.3 is 39.5 Å². The quantitative estimate of drug-likeness (QED) is 0.0222. The van der Waals surface area contributed by atoms with Gasteiger partial charge in [-0.15, -0.1) is 0 Å². The predicted molar refractivity (Wildman–Crippen MR) is 386 cm³/mol. The van der Waals surface area contributed by atoms with E-state index in [4.69, 9.17) is 37.0 Å². The van der Waals surface area contributed by atoms with Crippen molar-refractivity contribution in [3.8, 4) is 0 Å².